The minimum absolute atomic E-state index is 0.101. The van der Waals surface area contributed by atoms with E-state index in [9.17, 15) is 34.9 Å². The Kier molecular flexibility index (Phi) is 13.3. The van der Waals surface area contributed by atoms with E-state index in [-0.39, 0.29) is 34.6 Å². The maximum atomic E-state index is 13.2. The van der Waals surface area contributed by atoms with Gasteiger partial charge in [-0.25, -0.2) is 0 Å². The van der Waals surface area contributed by atoms with Crippen LogP contribution >= 0.6 is 0 Å². The summed E-state index contributed by atoms with van der Waals surface area (Å²) in [6, 6.07) is 9.64. The first-order valence-corrected chi connectivity index (χ1v) is 15.5. The first-order valence-electron chi connectivity index (χ1n) is 15.5. The molecule has 232 valence electrons. The van der Waals surface area contributed by atoms with Gasteiger partial charge in [-0.05, 0) is 24.6 Å². The number of aliphatic hydroxyl groups excluding tert-OH is 1. The first kappa shape index (κ1) is 33.4. The zero-order valence-corrected chi connectivity index (χ0v) is 25.0. The monoisotopic (exact) mass is 593 g/mol. The van der Waals surface area contributed by atoms with Crippen molar-refractivity contribution in [3.63, 3.8) is 0 Å². The number of carbonyl (C=O) groups excluding carboxylic acids is 2. The average molecular weight is 594 g/mol. The van der Waals surface area contributed by atoms with Crippen LogP contribution in [0.25, 0.3) is 5.76 Å². The molecule has 1 aliphatic heterocycles. The molecule has 1 saturated heterocycles. The Morgan fingerprint density at radius 2 is 1.26 bits per heavy atom. The number of hydrogen-bond donors (Lipinski definition) is 1. The second-order valence-electron chi connectivity index (χ2n) is 11.2. The van der Waals surface area contributed by atoms with Crippen molar-refractivity contribution in [3.05, 3.63) is 85.5 Å². The Hall–Kier alpha value is -4.08. The van der Waals surface area contributed by atoms with Gasteiger partial charge in [-0.2, -0.15) is 0 Å². The molecule has 1 atom stereocenters. The number of amides is 1. The molecule has 1 amide bonds. The third-order valence-corrected chi connectivity index (χ3v) is 8.07. The molecule has 3 rings (SSSR count). The number of ketones is 1. The quantitative estimate of drug-likeness (QED) is 0.0430. The Morgan fingerprint density at radius 1 is 0.744 bits per heavy atom. The maximum absolute atomic E-state index is 13.2. The van der Waals surface area contributed by atoms with Gasteiger partial charge in [-0.15, -0.1) is 0 Å². The Balaban J connectivity index is 1.65. The van der Waals surface area contributed by atoms with Crippen LogP contribution < -0.4 is 0 Å². The molecule has 1 heterocycles. The molecule has 10 heteroatoms. The molecule has 1 fully saturated rings. The number of hydrogen-bond acceptors (Lipinski definition) is 7. The minimum atomic E-state index is -1.15. The number of para-hydroxylation sites is 1. The molecule has 10 nitrogen and oxygen atoms in total. The number of carbonyl (C=O) groups is 2. The second kappa shape index (κ2) is 17.1. The van der Waals surface area contributed by atoms with E-state index in [0.29, 0.717) is 6.42 Å². The van der Waals surface area contributed by atoms with E-state index in [2.05, 4.69) is 6.92 Å². The lowest BCUT2D eigenvalue weighted by Gasteiger charge is -2.25. The lowest BCUT2D eigenvalue weighted by atomic mass is 9.94. The zero-order valence-electron chi connectivity index (χ0n) is 25.0. The number of likely N-dealkylation sites (tertiary alicyclic amines) is 1. The van der Waals surface area contributed by atoms with Crippen LogP contribution in [0.4, 0.5) is 11.4 Å². The van der Waals surface area contributed by atoms with Gasteiger partial charge in [-0.3, -0.25) is 29.8 Å². The van der Waals surface area contributed by atoms with E-state index in [1.165, 1.54) is 105 Å². The van der Waals surface area contributed by atoms with Gasteiger partial charge >= 0.3 is 0 Å². The Morgan fingerprint density at radius 3 is 1.77 bits per heavy atom. The van der Waals surface area contributed by atoms with E-state index in [1.54, 1.807) is 6.07 Å². The number of unbranched alkanes of at least 4 members (excludes halogenated alkanes) is 13. The number of rotatable bonds is 19. The van der Waals surface area contributed by atoms with Crippen molar-refractivity contribution in [1.82, 2.24) is 4.90 Å². The molecular weight excluding hydrogens is 550 g/mol. The molecule has 2 aromatic rings. The molecule has 2 aromatic carbocycles. The molecule has 1 N–H and O–H groups in total. The number of non-ortho nitro benzene ring substituents is 1. The Labute approximate surface area is 253 Å². The van der Waals surface area contributed by atoms with Crippen molar-refractivity contribution in [3.8, 4) is 0 Å². The summed E-state index contributed by atoms with van der Waals surface area (Å²) in [6.07, 6.45) is 16.4. The van der Waals surface area contributed by atoms with Crippen LogP contribution in [0.5, 0.6) is 0 Å². The normalized spacial score (nSPS) is 16.1. The van der Waals surface area contributed by atoms with Crippen LogP contribution in [0.15, 0.2) is 54.1 Å². The third-order valence-electron chi connectivity index (χ3n) is 8.07. The average Bonchev–Trinajstić information content (AvgIpc) is 3.25. The van der Waals surface area contributed by atoms with Crippen molar-refractivity contribution < 1.29 is 24.5 Å². The molecule has 0 aromatic heterocycles. The van der Waals surface area contributed by atoms with E-state index >= 15 is 0 Å². The van der Waals surface area contributed by atoms with Gasteiger partial charge < -0.3 is 10.0 Å². The summed E-state index contributed by atoms with van der Waals surface area (Å²) in [4.78, 5) is 49.5. The molecule has 0 saturated carbocycles. The topological polar surface area (TPSA) is 144 Å². The SMILES string of the molecule is CCCCCCCCCCCCCCCCN1C(=O)C(=O)C(=C(O)c2ccc([N+](=O)[O-])cc2)C1c1ccccc1[N+](=O)[O-]. The van der Waals surface area contributed by atoms with Crippen molar-refractivity contribution in [1.29, 1.82) is 0 Å². The van der Waals surface area contributed by atoms with E-state index in [1.807, 2.05) is 0 Å². The standard InChI is InChI=1S/C33H43N3O7/c1-2-3-4-5-6-7-8-9-10-11-12-13-14-17-24-34-30(27-18-15-16-19-28(27)36(42)43)29(32(38)33(34)39)31(37)25-20-22-26(23-21-25)35(40)41/h15-16,18-23,30,37H,2-14,17,24H2,1H3. The summed E-state index contributed by atoms with van der Waals surface area (Å²) in [5.74, 6) is -2.30. The maximum Gasteiger partial charge on any atom is 0.295 e. The predicted molar refractivity (Wildman–Crippen MR) is 166 cm³/mol. The van der Waals surface area contributed by atoms with Crippen molar-refractivity contribution in [2.45, 2.75) is 103 Å². The van der Waals surface area contributed by atoms with Crippen molar-refractivity contribution >= 4 is 28.8 Å². The fraction of sp³-hybridized carbons (Fsp3) is 0.515. The smallest absolute Gasteiger partial charge is 0.295 e. The highest BCUT2D eigenvalue weighted by atomic mass is 16.6. The summed E-state index contributed by atoms with van der Waals surface area (Å²) in [7, 11) is 0. The molecule has 0 spiro atoms. The van der Waals surface area contributed by atoms with E-state index in [4.69, 9.17) is 0 Å². The van der Waals surface area contributed by atoms with Crippen LogP contribution in [0.2, 0.25) is 0 Å². The number of Topliss-reactive ketones (excluding diaryl/α,β-unsaturated/α-hetero) is 1. The highest BCUT2D eigenvalue weighted by Gasteiger charge is 2.47. The summed E-state index contributed by atoms with van der Waals surface area (Å²) in [6.45, 7) is 2.43. The number of benzene rings is 2. The highest BCUT2D eigenvalue weighted by molar-refractivity contribution is 6.46. The van der Waals surface area contributed by atoms with Crippen molar-refractivity contribution in [2.75, 3.05) is 6.54 Å². The fourth-order valence-corrected chi connectivity index (χ4v) is 5.69. The van der Waals surface area contributed by atoms with Crippen molar-refractivity contribution in [2.24, 2.45) is 0 Å². The molecule has 43 heavy (non-hydrogen) atoms. The summed E-state index contributed by atoms with van der Waals surface area (Å²) < 4.78 is 0. The summed E-state index contributed by atoms with van der Waals surface area (Å²) in [5, 5.41) is 34.1. The lowest BCUT2D eigenvalue weighted by Crippen LogP contribution is -2.31. The van der Waals surface area contributed by atoms with Crippen LogP contribution in [0.1, 0.15) is 114 Å². The van der Waals surface area contributed by atoms with Crippen LogP contribution in [-0.2, 0) is 9.59 Å². The number of nitrogens with zero attached hydrogens (tertiary/aromatic N) is 3. The van der Waals surface area contributed by atoms with Gasteiger partial charge in [0.2, 0.25) is 0 Å². The minimum Gasteiger partial charge on any atom is -0.507 e. The lowest BCUT2D eigenvalue weighted by molar-refractivity contribution is -0.385. The number of aliphatic hydroxyl groups is 1. The van der Waals surface area contributed by atoms with Gasteiger partial charge in [0.1, 0.15) is 5.76 Å². The van der Waals surface area contributed by atoms with Crippen LogP contribution in [0.3, 0.4) is 0 Å². The van der Waals surface area contributed by atoms with Gasteiger partial charge in [0.05, 0.1) is 27.0 Å². The van der Waals surface area contributed by atoms with Crippen LogP contribution in [-0.4, -0.2) is 38.1 Å². The molecule has 1 aliphatic rings. The molecule has 1 unspecified atom stereocenters. The predicted octanol–water partition coefficient (Wildman–Crippen LogP) is 8.41. The molecule has 0 bridgehead atoms. The first-order chi connectivity index (χ1) is 20.8. The molecule has 0 aliphatic carbocycles. The second-order valence-corrected chi connectivity index (χ2v) is 11.2. The highest BCUT2D eigenvalue weighted by Crippen LogP contribution is 2.42. The summed E-state index contributed by atoms with van der Waals surface area (Å²) >= 11 is 0. The van der Waals surface area contributed by atoms with Gasteiger partial charge in [0, 0.05) is 30.3 Å². The third kappa shape index (κ3) is 9.20. The van der Waals surface area contributed by atoms with Gasteiger partial charge in [0.15, 0.2) is 0 Å². The summed E-state index contributed by atoms with van der Waals surface area (Å²) in [5.41, 5.74) is -0.511. The fourth-order valence-electron chi connectivity index (χ4n) is 5.69. The van der Waals surface area contributed by atoms with Crippen LogP contribution in [0, 0.1) is 20.2 Å². The molecule has 0 radical (unpaired) electrons. The van der Waals surface area contributed by atoms with Gasteiger partial charge in [-0.1, -0.05) is 103 Å². The van der Waals surface area contributed by atoms with E-state index < -0.39 is 33.3 Å². The number of nitro groups is 2. The Bertz CT molecular complexity index is 1290. The number of nitro benzene ring substituents is 2. The van der Waals surface area contributed by atoms with E-state index in [0.717, 1.165) is 25.7 Å². The zero-order chi connectivity index (χ0) is 31.2. The molecular formula is C33H43N3O7. The van der Waals surface area contributed by atoms with Gasteiger partial charge in [0.25, 0.3) is 23.1 Å². The largest absolute Gasteiger partial charge is 0.507 e.